The van der Waals surface area contributed by atoms with E-state index >= 15 is 0 Å². The first kappa shape index (κ1) is 23.7. The normalized spacial score (nSPS) is 12.6. The maximum absolute atomic E-state index is 13.9. The highest BCUT2D eigenvalue weighted by molar-refractivity contribution is 5.98. The van der Waals surface area contributed by atoms with E-state index in [4.69, 9.17) is 4.74 Å². The van der Waals surface area contributed by atoms with Gasteiger partial charge in [0, 0.05) is 0 Å². The number of benzene rings is 3. The Morgan fingerprint density at radius 3 is 2.15 bits per heavy atom. The van der Waals surface area contributed by atoms with Gasteiger partial charge in [-0.2, -0.15) is 0 Å². The molecule has 0 fully saturated rings. The summed E-state index contributed by atoms with van der Waals surface area (Å²) >= 11 is 0. The Morgan fingerprint density at radius 2 is 1.45 bits per heavy atom. The number of nitrogens with one attached hydrogen (secondary N) is 3. The molecule has 3 aromatic rings. The van der Waals surface area contributed by atoms with Crippen LogP contribution in [0.15, 0.2) is 66.7 Å². The Labute approximate surface area is 191 Å². The third-order valence-electron chi connectivity index (χ3n) is 5.07. The van der Waals surface area contributed by atoms with Crippen LogP contribution >= 0.6 is 0 Å². The summed E-state index contributed by atoms with van der Waals surface area (Å²) in [6.07, 6.45) is -0.892. The van der Waals surface area contributed by atoms with Gasteiger partial charge < -0.3 is 10.1 Å². The third kappa shape index (κ3) is 6.06. The fraction of sp³-hybridized carbons (Fsp3) is 0.240. The molecule has 0 aliphatic rings. The van der Waals surface area contributed by atoms with Gasteiger partial charge in [-0.05, 0) is 47.9 Å². The van der Waals surface area contributed by atoms with E-state index in [1.54, 1.807) is 26.8 Å². The highest BCUT2D eigenvalue weighted by Crippen LogP contribution is 2.21. The number of hydrogen-bond acceptors (Lipinski definition) is 4. The van der Waals surface area contributed by atoms with Gasteiger partial charge >= 0.3 is 0 Å². The summed E-state index contributed by atoms with van der Waals surface area (Å²) in [4.78, 5) is 37.4. The number of hydrazine groups is 1. The van der Waals surface area contributed by atoms with E-state index in [0.717, 1.165) is 16.8 Å². The zero-order valence-corrected chi connectivity index (χ0v) is 18.6. The van der Waals surface area contributed by atoms with Gasteiger partial charge in [0.25, 0.3) is 17.7 Å². The van der Waals surface area contributed by atoms with Gasteiger partial charge in [0.15, 0.2) is 6.10 Å². The maximum Gasteiger partial charge on any atom is 0.279 e. The zero-order valence-electron chi connectivity index (χ0n) is 18.6. The molecule has 172 valence electrons. The molecule has 33 heavy (non-hydrogen) atoms. The minimum atomic E-state index is -0.992. The molecule has 3 amide bonds. The van der Waals surface area contributed by atoms with Crippen molar-refractivity contribution in [2.75, 3.05) is 0 Å². The summed E-state index contributed by atoms with van der Waals surface area (Å²) in [5, 5.41) is 4.53. The summed E-state index contributed by atoms with van der Waals surface area (Å²) < 4.78 is 19.6. The molecule has 0 aromatic heterocycles. The SMILES string of the molecule is CC(Oc1ccc2ccccc2c1)C(=O)NNC(=O)[C@@H](NC(=O)c1ccccc1F)C(C)C. The molecule has 0 heterocycles. The van der Waals surface area contributed by atoms with Gasteiger partial charge in [-0.25, -0.2) is 4.39 Å². The summed E-state index contributed by atoms with van der Waals surface area (Å²) in [7, 11) is 0. The van der Waals surface area contributed by atoms with Gasteiger partial charge in [-0.3, -0.25) is 25.2 Å². The summed E-state index contributed by atoms with van der Waals surface area (Å²) in [5.41, 5.74) is 4.45. The number of halogens is 1. The zero-order chi connectivity index (χ0) is 24.0. The first-order valence-corrected chi connectivity index (χ1v) is 10.6. The van der Waals surface area contributed by atoms with Crippen LogP contribution in [0.2, 0.25) is 0 Å². The molecule has 3 N–H and O–H groups in total. The molecule has 0 bridgehead atoms. The van der Waals surface area contributed by atoms with Crippen LogP contribution in [0.4, 0.5) is 4.39 Å². The van der Waals surface area contributed by atoms with Crippen LogP contribution in [0.1, 0.15) is 31.1 Å². The van der Waals surface area contributed by atoms with Crippen molar-refractivity contribution in [3.05, 3.63) is 78.1 Å². The molecule has 2 atom stereocenters. The smallest absolute Gasteiger partial charge is 0.279 e. The van der Waals surface area contributed by atoms with Gasteiger partial charge in [-0.15, -0.1) is 0 Å². The number of hydrogen-bond donors (Lipinski definition) is 3. The Bertz CT molecular complexity index is 1170. The van der Waals surface area contributed by atoms with Crippen LogP contribution in [0, 0.1) is 11.7 Å². The van der Waals surface area contributed by atoms with Crippen molar-refractivity contribution in [1.82, 2.24) is 16.2 Å². The van der Waals surface area contributed by atoms with Crippen LogP contribution in [0.5, 0.6) is 5.75 Å². The second-order valence-corrected chi connectivity index (χ2v) is 7.92. The minimum Gasteiger partial charge on any atom is -0.481 e. The molecular formula is C25H26FN3O4. The van der Waals surface area contributed by atoms with Crippen molar-refractivity contribution in [1.29, 1.82) is 0 Å². The molecule has 3 rings (SSSR count). The van der Waals surface area contributed by atoms with Crippen molar-refractivity contribution in [3.63, 3.8) is 0 Å². The molecule has 0 aliphatic heterocycles. The summed E-state index contributed by atoms with van der Waals surface area (Å²) in [6, 6.07) is 17.7. The molecule has 0 radical (unpaired) electrons. The van der Waals surface area contributed by atoms with E-state index in [9.17, 15) is 18.8 Å². The number of rotatable bonds is 7. The van der Waals surface area contributed by atoms with Crippen LogP contribution < -0.4 is 20.9 Å². The number of fused-ring (bicyclic) bond motifs is 1. The number of carbonyl (C=O) groups excluding carboxylic acids is 3. The lowest BCUT2D eigenvalue weighted by molar-refractivity contribution is -0.133. The lowest BCUT2D eigenvalue weighted by Crippen LogP contribution is -2.56. The Hall–Kier alpha value is -3.94. The van der Waals surface area contributed by atoms with Crippen LogP contribution in [0.25, 0.3) is 10.8 Å². The lowest BCUT2D eigenvalue weighted by atomic mass is 10.0. The Balaban J connectivity index is 1.57. The molecule has 7 nitrogen and oxygen atoms in total. The van der Waals surface area contributed by atoms with Crippen molar-refractivity contribution < 1.29 is 23.5 Å². The van der Waals surface area contributed by atoms with E-state index in [-0.39, 0.29) is 11.5 Å². The fourth-order valence-electron chi connectivity index (χ4n) is 3.20. The third-order valence-corrected chi connectivity index (χ3v) is 5.07. The topological polar surface area (TPSA) is 96.5 Å². The van der Waals surface area contributed by atoms with E-state index in [0.29, 0.717) is 5.75 Å². The molecule has 0 saturated heterocycles. The van der Waals surface area contributed by atoms with Gasteiger partial charge in [0.05, 0.1) is 5.56 Å². The first-order valence-electron chi connectivity index (χ1n) is 10.6. The van der Waals surface area contributed by atoms with Crippen molar-refractivity contribution in [2.45, 2.75) is 32.9 Å². The molecule has 0 saturated carbocycles. The Kier molecular flexibility index (Phi) is 7.61. The monoisotopic (exact) mass is 451 g/mol. The number of carbonyl (C=O) groups is 3. The second-order valence-electron chi connectivity index (χ2n) is 7.92. The second kappa shape index (κ2) is 10.6. The summed E-state index contributed by atoms with van der Waals surface area (Å²) in [5.74, 6) is -2.42. The van der Waals surface area contributed by atoms with Crippen molar-refractivity contribution >= 4 is 28.5 Å². The van der Waals surface area contributed by atoms with Gasteiger partial charge in [0.2, 0.25) is 0 Å². The average molecular weight is 451 g/mol. The molecule has 8 heteroatoms. The fourth-order valence-corrected chi connectivity index (χ4v) is 3.20. The van der Waals surface area contributed by atoms with Crippen LogP contribution in [-0.2, 0) is 9.59 Å². The standard InChI is InChI=1S/C25H26FN3O4/c1-15(2)22(27-24(31)20-10-6-7-11-21(20)26)25(32)29-28-23(30)16(3)33-19-13-12-17-8-4-5-9-18(17)14-19/h4-16,22H,1-3H3,(H,27,31)(H,28,30)(H,29,32)/t16?,22-/m0/s1. The number of amides is 3. The van der Waals surface area contributed by atoms with Crippen molar-refractivity contribution in [3.8, 4) is 5.75 Å². The maximum atomic E-state index is 13.9. The van der Waals surface area contributed by atoms with Crippen LogP contribution in [0.3, 0.4) is 0 Å². The lowest BCUT2D eigenvalue weighted by Gasteiger charge is -2.22. The van der Waals surface area contributed by atoms with Crippen molar-refractivity contribution in [2.24, 2.45) is 5.92 Å². The van der Waals surface area contributed by atoms with E-state index in [2.05, 4.69) is 16.2 Å². The first-order chi connectivity index (χ1) is 15.8. The molecule has 0 aliphatic carbocycles. The van der Waals surface area contributed by atoms with E-state index in [1.807, 2.05) is 36.4 Å². The van der Waals surface area contributed by atoms with E-state index in [1.165, 1.54) is 18.2 Å². The quantitative estimate of drug-likeness (QED) is 0.480. The van der Waals surface area contributed by atoms with Gasteiger partial charge in [-0.1, -0.05) is 56.3 Å². The predicted molar refractivity (Wildman–Crippen MR) is 123 cm³/mol. The van der Waals surface area contributed by atoms with E-state index < -0.39 is 35.7 Å². The molecular weight excluding hydrogens is 425 g/mol. The molecule has 0 spiro atoms. The largest absolute Gasteiger partial charge is 0.481 e. The highest BCUT2D eigenvalue weighted by Gasteiger charge is 2.26. The average Bonchev–Trinajstić information content (AvgIpc) is 2.80. The molecule has 3 aromatic carbocycles. The predicted octanol–water partition coefficient (Wildman–Crippen LogP) is 3.35. The minimum absolute atomic E-state index is 0.169. The van der Waals surface area contributed by atoms with Crippen LogP contribution in [-0.4, -0.2) is 29.9 Å². The Morgan fingerprint density at radius 1 is 0.818 bits per heavy atom. The number of ether oxygens (including phenoxy) is 1. The molecule has 1 unspecified atom stereocenters. The van der Waals surface area contributed by atoms with Gasteiger partial charge in [0.1, 0.15) is 17.6 Å². The summed E-state index contributed by atoms with van der Waals surface area (Å²) in [6.45, 7) is 4.99. The highest BCUT2D eigenvalue weighted by atomic mass is 19.1.